The third-order valence-electron chi connectivity index (χ3n) is 10.7. The van der Waals surface area contributed by atoms with Crippen LogP contribution in [0.2, 0.25) is 5.02 Å². The number of anilines is 2. The highest BCUT2D eigenvalue weighted by Crippen LogP contribution is 2.51. The van der Waals surface area contributed by atoms with Gasteiger partial charge in [0.1, 0.15) is 41.0 Å². The van der Waals surface area contributed by atoms with Gasteiger partial charge >= 0.3 is 6.01 Å². The van der Waals surface area contributed by atoms with Crippen LogP contribution in [0.15, 0.2) is 12.1 Å². The summed E-state index contributed by atoms with van der Waals surface area (Å²) >= 11 is 7.96. The molecule has 0 bridgehead atoms. The van der Waals surface area contributed by atoms with E-state index in [2.05, 4.69) is 14.6 Å². The molecule has 0 saturated carbocycles. The Balaban J connectivity index is 1.33. The Morgan fingerprint density at radius 3 is 2.84 bits per heavy atom. The van der Waals surface area contributed by atoms with Gasteiger partial charge in [-0.25, -0.2) is 26.3 Å². The third-order valence-corrected chi connectivity index (χ3v) is 12.8. The summed E-state index contributed by atoms with van der Waals surface area (Å²) in [6.07, 6.45) is 4.20. The second-order valence-electron chi connectivity index (χ2n) is 14.0. The average molecular weight is 762 g/mol. The molecule has 0 radical (unpaired) electrons. The number of hydrogen-bond donors (Lipinski definition) is 2. The Hall–Kier alpha value is -3.62. The average Bonchev–Trinajstić information content (AvgIpc) is 3.66. The molecule has 0 amide bonds. The molecular weight excluding hydrogens is 727 g/mol. The molecule has 4 aromatic rings. The van der Waals surface area contributed by atoms with Gasteiger partial charge in [0.2, 0.25) is 10.0 Å². The lowest BCUT2D eigenvalue weighted by Crippen LogP contribution is -2.44. The van der Waals surface area contributed by atoms with Crippen molar-refractivity contribution in [3.05, 3.63) is 34.4 Å². The number of aromatic nitrogens is 2. The molecule has 0 aliphatic carbocycles. The quantitative estimate of drug-likeness (QED) is 0.243. The molecule has 17 heteroatoms. The van der Waals surface area contributed by atoms with Crippen molar-refractivity contribution in [1.82, 2.24) is 19.6 Å². The minimum Gasteiger partial charge on any atom is -0.491 e. The van der Waals surface area contributed by atoms with Crippen LogP contribution in [0.5, 0.6) is 11.8 Å². The van der Waals surface area contributed by atoms with Crippen molar-refractivity contribution < 1.29 is 31.1 Å². The molecule has 4 atom stereocenters. The van der Waals surface area contributed by atoms with Crippen molar-refractivity contribution in [2.75, 3.05) is 49.7 Å². The van der Waals surface area contributed by atoms with Crippen molar-refractivity contribution in [3.63, 3.8) is 0 Å². The van der Waals surface area contributed by atoms with Gasteiger partial charge in [-0.3, -0.25) is 4.90 Å². The number of nitrogens with zero attached hydrogens (tertiary/aromatic N) is 5. The normalized spacial score (nSPS) is 25.2. The van der Waals surface area contributed by atoms with Crippen LogP contribution in [-0.2, 0) is 10.0 Å². The lowest BCUT2D eigenvalue weighted by molar-refractivity contribution is 0.107. The third kappa shape index (κ3) is 5.90. The topological polar surface area (TPSA) is 147 Å². The Morgan fingerprint density at radius 1 is 1.24 bits per heavy atom. The smallest absolute Gasteiger partial charge is 0.319 e. The molecule has 8 rings (SSSR count). The molecule has 3 saturated heterocycles. The maximum absolute atomic E-state index is 17.3. The van der Waals surface area contributed by atoms with Crippen LogP contribution in [0, 0.1) is 23.0 Å². The highest BCUT2D eigenvalue weighted by molar-refractivity contribution is 7.88. The van der Waals surface area contributed by atoms with Crippen LogP contribution >= 0.6 is 22.9 Å². The molecule has 4 aliphatic rings. The van der Waals surface area contributed by atoms with E-state index >= 15 is 8.78 Å². The van der Waals surface area contributed by atoms with E-state index < -0.39 is 33.4 Å². The minimum absolute atomic E-state index is 0.00353. The first-order valence-electron chi connectivity index (χ1n) is 16.9. The van der Waals surface area contributed by atoms with Crippen molar-refractivity contribution in [1.29, 1.82) is 5.26 Å². The summed E-state index contributed by atoms with van der Waals surface area (Å²) in [4.78, 5) is 13.6. The molecule has 11 nitrogen and oxygen atoms in total. The summed E-state index contributed by atoms with van der Waals surface area (Å²) in [5, 5.41) is 10.3. The number of alkyl halides is 1. The zero-order chi connectivity index (χ0) is 35.8. The van der Waals surface area contributed by atoms with Gasteiger partial charge in [-0.05, 0) is 50.3 Å². The first-order valence-corrected chi connectivity index (χ1v) is 20.0. The van der Waals surface area contributed by atoms with Crippen molar-refractivity contribution in [2.45, 2.75) is 68.7 Å². The van der Waals surface area contributed by atoms with Crippen LogP contribution in [0.1, 0.15) is 50.5 Å². The molecule has 51 heavy (non-hydrogen) atoms. The maximum Gasteiger partial charge on any atom is 0.319 e. The van der Waals surface area contributed by atoms with Crippen LogP contribution in [0.25, 0.3) is 32.1 Å². The standard InChI is InChI=1S/C34H35ClF3N7O4S2/c1-51(46,47)43-18-4-2-10-45-19(12-18)7-11-48-29-25-28(41-33(42-32(25)45)49-16-34-8-3-9-44(34)15-17(36)13-34)27(38)24(26(29)35)20-5-6-22(37)30-23(20)21(14-39)31(40)50-30/h5-6,17-19,43H,2-4,7-13,15-16,40H2,1H3/t17-,18?,19?,34?/m1/s1. The largest absolute Gasteiger partial charge is 0.491 e. The zero-order valence-corrected chi connectivity index (χ0v) is 30.0. The summed E-state index contributed by atoms with van der Waals surface area (Å²) < 4.78 is 86.8. The summed E-state index contributed by atoms with van der Waals surface area (Å²) in [5.41, 5.74) is 5.43. The number of ether oxygens (including phenoxy) is 2. The predicted molar refractivity (Wildman–Crippen MR) is 190 cm³/mol. The minimum atomic E-state index is -3.48. The van der Waals surface area contributed by atoms with Gasteiger partial charge < -0.3 is 20.1 Å². The number of nitrogens with one attached hydrogen (secondary N) is 1. The number of hydrogen-bond acceptors (Lipinski definition) is 11. The lowest BCUT2D eigenvalue weighted by atomic mass is 9.95. The first kappa shape index (κ1) is 34.5. The van der Waals surface area contributed by atoms with E-state index in [1.54, 1.807) is 0 Å². The van der Waals surface area contributed by atoms with Gasteiger partial charge in [0.25, 0.3) is 0 Å². The Morgan fingerprint density at radius 2 is 2.06 bits per heavy atom. The predicted octanol–water partition coefficient (Wildman–Crippen LogP) is 5.91. The summed E-state index contributed by atoms with van der Waals surface area (Å²) in [6, 6.07) is 3.86. The maximum atomic E-state index is 17.3. The SMILES string of the molecule is CS(=O)(=O)NC1CCCN2c3nc(OCC45CCCN4C[C@H](F)C5)nc4c(F)c(-c5ccc(F)c6sc(N)c(C#N)c56)c(Cl)c(c34)OCCC2C1. The van der Waals surface area contributed by atoms with Crippen LogP contribution < -0.4 is 24.8 Å². The number of rotatable bonds is 6. The van der Waals surface area contributed by atoms with Crippen LogP contribution in [0.4, 0.5) is 24.0 Å². The molecular formula is C34H35ClF3N7O4S2. The summed E-state index contributed by atoms with van der Waals surface area (Å²) in [7, 11) is -3.48. The Bertz CT molecular complexity index is 2240. The summed E-state index contributed by atoms with van der Waals surface area (Å²) in [6.45, 7) is 1.81. The van der Waals surface area contributed by atoms with Gasteiger partial charge in [0.05, 0.1) is 39.1 Å². The highest BCUT2D eigenvalue weighted by atomic mass is 35.5. The van der Waals surface area contributed by atoms with E-state index in [0.29, 0.717) is 51.0 Å². The van der Waals surface area contributed by atoms with Gasteiger partial charge in [0, 0.05) is 49.0 Å². The number of nitrogens with two attached hydrogens (primary N) is 1. The van der Waals surface area contributed by atoms with E-state index in [1.807, 2.05) is 11.0 Å². The van der Waals surface area contributed by atoms with Gasteiger partial charge in [-0.1, -0.05) is 17.7 Å². The number of nitrogen functional groups attached to an aromatic ring is 1. The zero-order valence-electron chi connectivity index (χ0n) is 27.6. The number of fused-ring (bicyclic) bond motifs is 4. The molecule has 3 unspecified atom stereocenters. The van der Waals surface area contributed by atoms with E-state index in [1.165, 1.54) is 12.1 Å². The van der Waals surface area contributed by atoms with Crippen LogP contribution in [-0.4, -0.2) is 86.2 Å². The van der Waals surface area contributed by atoms with E-state index in [9.17, 15) is 18.1 Å². The first-order chi connectivity index (χ1) is 24.4. The number of nitriles is 1. The Labute approximate surface area is 301 Å². The second kappa shape index (κ2) is 12.8. The Kier molecular flexibility index (Phi) is 8.65. The van der Waals surface area contributed by atoms with Crippen molar-refractivity contribution in [3.8, 4) is 29.0 Å². The number of halogens is 4. The molecule has 6 heterocycles. The van der Waals surface area contributed by atoms with E-state index in [0.717, 1.165) is 37.0 Å². The van der Waals surface area contributed by atoms with Gasteiger partial charge in [0.15, 0.2) is 11.6 Å². The van der Waals surface area contributed by atoms with Gasteiger partial charge in [-0.15, -0.1) is 11.3 Å². The van der Waals surface area contributed by atoms with E-state index in [-0.39, 0.29) is 84.8 Å². The van der Waals surface area contributed by atoms with Crippen molar-refractivity contribution >= 4 is 64.8 Å². The van der Waals surface area contributed by atoms with Crippen molar-refractivity contribution in [2.24, 2.45) is 0 Å². The molecule has 0 spiro atoms. The summed E-state index contributed by atoms with van der Waals surface area (Å²) in [5.74, 6) is -1.03. The number of thiophene rings is 1. The van der Waals surface area contributed by atoms with E-state index in [4.69, 9.17) is 31.8 Å². The number of sulfonamides is 1. The number of benzene rings is 2. The molecule has 4 aliphatic heterocycles. The molecule has 2 aromatic carbocycles. The lowest BCUT2D eigenvalue weighted by Gasteiger charge is -2.35. The second-order valence-corrected chi connectivity index (χ2v) is 17.2. The molecule has 3 fully saturated rings. The highest BCUT2D eigenvalue weighted by Gasteiger charge is 2.49. The fourth-order valence-electron chi connectivity index (χ4n) is 8.56. The fourth-order valence-corrected chi connectivity index (χ4v) is 10.7. The van der Waals surface area contributed by atoms with Crippen LogP contribution in [0.3, 0.4) is 0 Å². The molecule has 2 aromatic heterocycles. The van der Waals surface area contributed by atoms with Gasteiger partial charge in [-0.2, -0.15) is 15.2 Å². The molecule has 3 N–H and O–H groups in total. The fraction of sp³-hybridized carbons (Fsp3) is 0.500. The monoisotopic (exact) mass is 761 g/mol. The molecule has 270 valence electrons.